The van der Waals surface area contributed by atoms with Gasteiger partial charge in [-0.1, -0.05) is 12.1 Å². The third-order valence-corrected chi connectivity index (χ3v) is 2.75. The maximum atomic E-state index is 11.8. The van der Waals surface area contributed by atoms with Gasteiger partial charge in [0.25, 0.3) is 0 Å². The van der Waals surface area contributed by atoms with Gasteiger partial charge in [-0.25, -0.2) is 4.79 Å². The normalized spacial score (nSPS) is 11.9. The highest BCUT2D eigenvalue weighted by Crippen LogP contribution is 2.13. The maximum absolute atomic E-state index is 11.8. The summed E-state index contributed by atoms with van der Waals surface area (Å²) in [7, 11) is 1.46. The van der Waals surface area contributed by atoms with Crippen LogP contribution in [0, 0.1) is 0 Å². The van der Waals surface area contributed by atoms with Gasteiger partial charge >= 0.3 is 6.03 Å². The number of amides is 3. The van der Waals surface area contributed by atoms with E-state index in [1.54, 1.807) is 6.92 Å². The molecule has 0 radical (unpaired) electrons. The van der Waals surface area contributed by atoms with Crippen LogP contribution in [0.2, 0.25) is 0 Å². The van der Waals surface area contributed by atoms with Crippen molar-refractivity contribution < 1.29 is 14.3 Å². The van der Waals surface area contributed by atoms with Gasteiger partial charge in [0.05, 0.1) is 12.7 Å². The monoisotopic (exact) mass is 293 g/mol. The summed E-state index contributed by atoms with van der Waals surface area (Å²) in [5.41, 5.74) is 1.83. The van der Waals surface area contributed by atoms with Gasteiger partial charge in [0.1, 0.15) is 6.04 Å². The Morgan fingerprint density at radius 1 is 1.24 bits per heavy atom. The molecule has 0 bridgehead atoms. The lowest BCUT2D eigenvalue weighted by molar-refractivity contribution is -0.120. The SMILES string of the molecule is CNC(=O)NC(=O)[C@@H](C)Nc1cccc(COC(C)C)c1. The number of hydrogen-bond acceptors (Lipinski definition) is 4. The number of carbonyl (C=O) groups excluding carboxylic acids is 2. The first-order valence-electron chi connectivity index (χ1n) is 6.92. The summed E-state index contributed by atoms with van der Waals surface area (Å²) < 4.78 is 5.54. The highest BCUT2D eigenvalue weighted by atomic mass is 16.5. The highest BCUT2D eigenvalue weighted by molar-refractivity contribution is 5.97. The molecule has 1 rings (SSSR count). The van der Waals surface area contributed by atoms with E-state index in [4.69, 9.17) is 4.74 Å². The number of benzene rings is 1. The largest absolute Gasteiger partial charge is 0.374 e. The van der Waals surface area contributed by atoms with E-state index in [2.05, 4.69) is 16.0 Å². The zero-order valence-corrected chi connectivity index (χ0v) is 12.9. The average Bonchev–Trinajstić information content (AvgIpc) is 2.45. The van der Waals surface area contributed by atoms with E-state index in [9.17, 15) is 9.59 Å². The van der Waals surface area contributed by atoms with Crippen molar-refractivity contribution in [3.8, 4) is 0 Å². The van der Waals surface area contributed by atoms with Crippen LogP contribution in [0.5, 0.6) is 0 Å². The van der Waals surface area contributed by atoms with E-state index in [0.29, 0.717) is 6.61 Å². The molecule has 0 saturated heterocycles. The molecule has 116 valence electrons. The molecule has 1 aromatic carbocycles. The van der Waals surface area contributed by atoms with Crippen molar-refractivity contribution in [2.75, 3.05) is 12.4 Å². The third-order valence-electron chi connectivity index (χ3n) is 2.75. The van der Waals surface area contributed by atoms with Crippen molar-refractivity contribution in [1.82, 2.24) is 10.6 Å². The lowest BCUT2D eigenvalue weighted by Gasteiger charge is -2.15. The number of urea groups is 1. The molecule has 0 fully saturated rings. The average molecular weight is 293 g/mol. The first kappa shape index (κ1) is 17.0. The summed E-state index contributed by atoms with van der Waals surface area (Å²) in [6.45, 7) is 6.17. The van der Waals surface area contributed by atoms with Gasteiger partial charge in [-0.2, -0.15) is 0 Å². The molecular formula is C15H23N3O3. The van der Waals surface area contributed by atoms with Crippen molar-refractivity contribution in [3.05, 3.63) is 29.8 Å². The van der Waals surface area contributed by atoms with Crippen LogP contribution in [-0.4, -0.2) is 31.1 Å². The van der Waals surface area contributed by atoms with Crippen molar-refractivity contribution in [2.45, 2.75) is 39.5 Å². The summed E-state index contributed by atoms with van der Waals surface area (Å²) in [5.74, 6) is -0.391. The van der Waals surface area contributed by atoms with Crippen LogP contribution < -0.4 is 16.0 Å². The molecule has 0 heterocycles. The molecule has 0 spiro atoms. The van der Waals surface area contributed by atoms with Gasteiger partial charge in [0.2, 0.25) is 5.91 Å². The van der Waals surface area contributed by atoms with Crippen LogP contribution >= 0.6 is 0 Å². The fraction of sp³-hybridized carbons (Fsp3) is 0.467. The number of nitrogens with one attached hydrogen (secondary N) is 3. The topological polar surface area (TPSA) is 79.5 Å². The Balaban J connectivity index is 2.59. The number of imide groups is 1. The van der Waals surface area contributed by atoms with E-state index >= 15 is 0 Å². The van der Waals surface area contributed by atoms with E-state index in [-0.39, 0.29) is 6.10 Å². The van der Waals surface area contributed by atoms with E-state index < -0.39 is 18.0 Å². The maximum Gasteiger partial charge on any atom is 0.321 e. The summed E-state index contributed by atoms with van der Waals surface area (Å²) in [5, 5.41) is 7.62. The van der Waals surface area contributed by atoms with Gasteiger partial charge in [0.15, 0.2) is 0 Å². The first-order chi connectivity index (χ1) is 9.92. The standard InChI is InChI=1S/C15H23N3O3/c1-10(2)21-9-12-6-5-7-13(8-12)17-11(3)14(19)18-15(20)16-4/h5-8,10-11,17H,9H2,1-4H3,(H2,16,18,19,20)/t11-/m1/s1. The van der Waals surface area contributed by atoms with Crippen molar-refractivity contribution in [3.63, 3.8) is 0 Å². The van der Waals surface area contributed by atoms with E-state index in [1.807, 2.05) is 38.1 Å². The first-order valence-corrected chi connectivity index (χ1v) is 6.92. The van der Waals surface area contributed by atoms with Crippen LogP contribution in [-0.2, 0) is 16.1 Å². The minimum absolute atomic E-state index is 0.166. The van der Waals surface area contributed by atoms with Crippen LogP contribution in [0.1, 0.15) is 26.3 Å². The van der Waals surface area contributed by atoms with Crippen molar-refractivity contribution in [1.29, 1.82) is 0 Å². The highest BCUT2D eigenvalue weighted by Gasteiger charge is 2.14. The quantitative estimate of drug-likeness (QED) is 0.748. The van der Waals surface area contributed by atoms with Gasteiger partial charge < -0.3 is 15.4 Å². The van der Waals surface area contributed by atoms with Crippen LogP contribution in [0.4, 0.5) is 10.5 Å². The van der Waals surface area contributed by atoms with Crippen LogP contribution in [0.3, 0.4) is 0 Å². The Morgan fingerprint density at radius 2 is 1.95 bits per heavy atom. The zero-order valence-electron chi connectivity index (χ0n) is 12.9. The summed E-state index contributed by atoms with van der Waals surface area (Å²) in [4.78, 5) is 22.9. The number of carbonyl (C=O) groups is 2. The molecular weight excluding hydrogens is 270 g/mol. The van der Waals surface area contributed by atoms with E-state index in [1.165, 1.54) is 7.05 Å². The second kappa shape index (κ2) is 8.26. The Morgan fingerprint density at radius 3 is 2.57 bits per heavy atom. The zero-order chi connectivity index (χ0) is 15.8. The Hall–Kier alpha value is -2.08. The lowest BCUT2D eigenvalue weighted by Crippen LogP contribution is -2.44. The molecule has 0 saturated carbocycles. The smallest absolute Gasteiger partial charge is 0.321 e. The number of ether oxygens (including phenoxy) is 1. The molecule has 3 amide bonds. The Bertz CT molecular complexity index is 489. The number of rotatable bonds is 6. The molecule has 0 aliphatic carbocycles. The van der Waals surface area contributed by atoms with Crippen LogP contribution in [0.25, 0.3) is 0 Å². The summed E-state index contributed by atoms with van der Waals surface area (Å²) in [6, 6.07) is 6.60. The second-order valence-corrected chi connectivity index (χ2v) is 4.99. The molecule has 0 unspecified atom stereocenters. The summed E-state index contributed by atoms with van der Waals surface area (Å²) in [6.07, 6.45) is 0.166. The van der Waals surface area contributed by atoms with Crippen molar-refractivity contribution >= 4 is 17.6 Å². The molecule has 21 heavy (non-hydrogen) atoms. The molecule has 1 aromatic rings. The summed E-state index contributed by atoms with van der Waals surface area (Å²) >= 11 is 0. The number of hydrogen-bond donors (Lipinski definition) is 3. The molecule has 1 atom stereocenters. The fourth-order valence-electron chi connectivity index (χ4n) is 1.61. The predicted molar refractivity (Wildman–Crippen MR) is 82.1 cm³/mol. The van der Waals surface area contributed by atoms with Gasteiger partial charge in [0, 0.05) is 12.7 Å². The van der Waals surface area contributed by atoms with Gasteiger partial charge in [-0.05, 0) is 38.5 Å². The number of anilines is 1. The lowest BCUT2D eigenvalue weighted by atomic mass is 10.2. The third kappa shape index (κ3) is 6.27. The molecule has 6 nitrogen and oxygen atoms in total. The van der Waals surface area contributed by atoms with Crippen molar-refractivity contribution in [2.24, 2.45) is 0 Å². The molecule has 6 heteroatoms. The van der Waals surface area contributed by atoms with Gasteiger partial charge in [-0.15, -0.1) is 0 Å². The minimum Gasteiger partial charge on any atom is -0.374 e. The predicted octanol–water partition coefficient (Wildman–Crippen LogP) is 1.87. The Labute approximate surface area is 125 Å². The molecule has 3 N–H and O–H groups in total. The second-order valence-electron chi connectivity index (χ2n) is 4.99. The molecule has 0 aromatic heterocycles. The molecule has 0 aliphatic heterocycles. The Kier molecular flexibility index (Phi) is 6.68. The van der Waals surface area contributed by atoms with Crippen LogP contribution in [0.15, 0.2) is 24.3 Å². The minimum atomic E-state index is -0.524. The fourth-order valence-corrected chi connectivity index (χ4v) is 1.61. The van der Waals surface area contributed by atoms with Gasteiger partial charge in [-0.3, -0.25) is 10.1 Å². The van der Waals surface area contributed by atoms with E-state index in [0.717, 1.165) is 11.3 Å². The molecule has 0 aliphatic rings.